The van der Waals surface area contributed by atoms with Crippen LogP contribution in [0.5, 0.6) is 0 Å². The van der Waals surface area contributed by atoms with Crippen molar-refractivity contribution in [2.75, 3.05) is 4.90 Å². The van der Waals surface area contributed by atoms with E-state index in [1.807, 2.05) is 24.3 Å². The highest BCUT2D eigenvalue weighted by molar-refractivity contribution is 5.85. The maximum atomic E-state index is 11.4. The molecule has 1 aliphatic rings. The van der Waals surface area contributed by atoms with Gasteiger partial charge in [0.05, 0.1) is 0 Å². The molecule has 1 atom stereocenters. The van der Waals surface area contributed by atoms with E-state index in [1.165, 1.54) is 0 Å². The molecule has 1 aromatic heterocycles. The Morgan fingerprint density at radius 3 is 2.67 bits per heavy atom. The zero-order valence-electron chi connectivity index (χ0n) is 9.52. The van der Waals surface area contributed by atoms with Gasteiger partial charge in [0.1, 0.15) is 6.04 Å². The van der Waals surface area contributed by atoms with Gasteiger partial charge in [0, 0.05) is 24.5 Å². The Morgan fingerprint density at radius 2 is 1.94 bits per heavy atom. The SMILES string of the molecule is O=C(O)C1Cc2ccccc2N1c1ncccn1. The number of benzene rings is 1. The first-order valence-corrected chi connectivity index (χ1v) is 5.64. The smallest absolute Gasteiger partial charge is 0.327 e. The Labute approximate surface area is 104 Å². The van der Waals surface area contributed by atoms with E-state index in [0.717, 1.165) is 11.3 Å². The van der Waals surface area contributed by atoms with E-state index in [0.29, 0.717) is 12.4 Å². The summed E-state index contributed by atoms with van der Waals surface area (Å²) in [5.41, 5.74) is 1.88. The number of aliphatic carboxylic acids is 1. The number of carboxylic acids is 1. The zero-order valence-corrected chi connectivity index (χ0v) is 9.52. The van der Waals surface area contributed by atoms with Crippen molar-refractivity contribution in [1.82, 2.24) is 9.97 Å². The van der Waals surface area contributed by atoms with E-state index in [2.05, 4.69) is 9.97 Å². The molecule has 0 saturated carbocycles. The average molecular weight is 241 g/mol. The Kier molecular flexibility index (Phi) is 2.44. The molecule has 0 bridgehead atoms. The van der Waals surface area contributed by atoms with Crippen LogP contribution in [0, 0.1) is 0 Å². The predicted molar refractivity (Wildman–Crippen MR) is 65.7 cm³/mol. The lowest BCUT2D eigenvalue weighted by molar-refractivity contribution is -0.138. The first-order chi connectivity index (χ1) is 8.77. The zero-order chi connectivity index (χ0) is 12.5. The largest absolute Gasteiger partial charge is 0.480 e. The minimum Gasteiger partial charge on any atom is -0.480 e. The number of carbonyl (C=O) groups is 1. The van der Waals surface area contributed by atoms with Gasteiger partial charge in [-0.05, 0) is 17.7 Å². The van der Waals surface area contributed by atoms with E-state index in [9.17, 15) is 9.90 Å². The van der Waals surface area contributed by atoms with Crippen molar-refractivity contribution >= 4 is 17.6 Å². The number of rotatable bonds is 2. The van der Waals surface area contributed by atoms with Gasteiger partial charge in [-0.2, -0.15) is 0 Å². The highest BCUT2D eigenvalue weighted by Gasteiger charge is 2.36. The fourth-order valence-corrected chi connectivity index (χ4v) is 2.25. The van der Waals surface area contributed by atoms with Crippen LogP contribution in [-0.4, -0.2) is 27.1 Å². The van der Waals surface area contributed by atoms with Gasteiger partial charge in [0.15, 0.2) is 0 Å². The van der Waals surface area contributed by atoms with Gasteiger partial charge in [-0.25, -0.2) is 14.8 Å². The number of aromatic nitrogens is 2. The third kappa shape index (κ3) is 1.60. The average Bonchev–Trinajstić information content (AvgIpc) is 2.79. The van der Waals surface area contributed by atoms with Crippen LogP contribution < -0.4 is 4.90 Å². The molecule has 2 heterocycles. The van der Waals surface area contributed by atoms with Crippen LogP contribution in [0.2, 0.25) is 0 Å². The van der Waals surface area contributed by atoms with Crippen molar-refractivity contribution in [2.24, 2.45) is 0 Å². The van der Waals surface area contributed by atoms with Crippen LogP contribution in [0.1, 0.15) is 5.56 Å². The fraction of sp³-hybridized carbons (Fsp3) is 0.154. The molecule has 0 saturated heterocycles. The summed E-state index contributed by atoms with van der Waals surface area (Å²) in [5, 5.41) is 9.32. The number of para-hydroxylation sites is 1. The van der Waals surface area contributed by atoms with Gasteiger partial charge >= 0.3 is 5.97 Å². The van der Waals surface area contributed by atoms with Crippen molar-refractivity contribution in [3.05, 3.63) is 48.3 Å². The van der Waals surface area contributed by atoms with Crippen LogP contribution in [0.4, 0.5) is 11.6 Å². The molecule has 1 aliphatic heterocycles. The Hall–Kier alpha value is -2.43. The monoisotopic (exact) mass is 241 g/mol. The molecule has 18 heavy (non-hydrogen) atoms. The van der Waals surface area contributed by atoms with Crippen molar-refractivity contribution in [1.29, 1.82) is 0 Å². The second-order valence-electron chi connectivity index (χ2n) is 4.11. The van der Waals surface area contributed by atoms with E-state index in [1.54, 1.807) is 23.4 Å². The van der Waals surface area contributed by atoms with Gasteiger partial charge in [-0.15, -0.1) is 0 Å². The molecule has 1 N–H and O–H groups in total. The third-order valence-corrected chi connectivity index (χ3v) is 3.03. The molecule has 2 aromatic rings. The van der Waals surface area contributed by atoms with E-state index in [4.69, 9.17) is 0 Å². The maximum Gasteiger partial charge on any atom is 0.327 e. The van der Waals surface area contributed by atoms with Gasteiger partial charge in [0.25, 0.3) is 0 Å². The quantitative estimate of drug-likeness (QED) is 0.865. The van der Waals surface area contributed by atoms with Gasteiger partial charge in [0.2, 0.25) is 5.95 Å². The molecule has 90 valence electrons. The number of hydrogen-bond donors (Lipinski definition) is 1. The lowest BCUT2D eigenvalue weighted by Crippen LogP contribution is -2.36. The minimum absolute atomic E-state index is 0.426. The molecular weight excluding hydrogens is 230 g/mol. The fourth-order valence-electron chi connectivity index (χ4n) is 2.25. The Bertz CT molecular complexity index is 586. The molecule has 0 spiro atoms. The number of hydrogen-bond acceptors (Lipinski definition) is 4. The first-order valence-electron chi connectivity index (χ1n) is 5.64. The summed E-state index contributed by atoms with van der Waals surface area (Å²) in [6, 6.07) is 8.71. The van der Waals surface area contributed by atoms with Crippen LogP contribution in [0.25, 0.3) is 0 Å². The summed E-state index contributed by atoms with van der Waals surface area (Å²) in [4.78, 5) is 21.3. The lowest BCUT2D eigenvalue weighted by Gasteiger charge is -2.21. The van der Waals surface area contributed by atoms with Crippen molar-refractivity contribution in [3.8, 4) is 0 Å². The Balaban J connectivity index is 2.11. The normalized spacial score (nSPS) is 17.6. The second kappa shape index (κ2) is 4.10. The summed E-state index contributed by atoms with van der Waals surface area (Å²) >= 11 is 0. The second-order valence-corrected chi connectivity index (χ2v) is 4.11. The number of nitrogens with zero attached hydrogens (tertiary/aromatic N) is 3. The highest BCUT2D eigenvalue weighted by atomic mass is 16.4. The maximum absolute atomic E-state index is 11.4. The van der Waals surface area contributed by atoms with Crippen molar-refractivity contribution in [3.63, 3.8) is 0 Å². The molecule has 5 heteroatoms. The van der Waals surface area contributed by atoms with Crippen molar-refractivity contribution in [2.45, 2.75) is 12.5 Å². The Morgan fingerprint density at radius 1 is 1.22 bits per heavy atom. The highest BCUT2D eigenvalue weighted by Crippen LogP contribution is 2.36. The number of carboxylic acid groups (broad SMARTS) is 1. The van der Waals surface area contributed by atoms with Crippen molar-refractivity contribution < 1.29 is 9.90 Å². The summed E-state index contributed by atoms with van der Waals surface area (Å²) < 4.78 is 0. The van der Waals surface area contributed by atoms with Gasteiger partial charge < -0.3 is 5.11 Å². The number of fused-ring (bicyclic) bond motifs is 1. The van der Waals surface area contributed by atoms with E-state index < -0.39 is 12.0 Å². The van der Waals surface area contributed by atoms with Crippen LogP contribution in [-0.2, 0) is 11.2 Å². The molecule has 0 aliphatic carbocycles. The molecule has 0 radical (unpaired) electrons. The predicted octanol–water partition coefficient (Wildman–Crippen LogP) is 1.62. The summed E-state index contributed by atoms with van der Waals surface area (Å²) in [6.45, 7) is 0. The third-order valence-electron chi connectivity index (χ3n) is 3.03. The molecule has 1 aromatic carbocycles. The standard InChI is InChI=1S/C13H11N3O2/c17-12(18)11-8-9-4-1-2-5-10(9)16(11)13-14-6-3-7-15-13/h1-7,11H,8H2,(H,17,18). The number of anilines is 2. The first kappa shape index (κ1) is 10.7. The van der Waals surface area contributed by atoms with Crippen LogP contribution >= 0.6 is 0 Å². The lowest BCUT2D eigenvalue weighted by atomic mass is 10.1. The van der Waals surface area contributed by atoms with Crippen LogP contribution in [0.15, 0.2) is 42.7 Å². The topological polar surface area (TPSA) is 66.3 Å². The minimum atomic E-state index is -0.862. The molecule has 5 nitrogen and oxygen atoms in total. The van der Waals surface area contributed by atoms with Gasteiger partial charge in [-0.1, -0.05) is 18.2 Å². The molecule has 0 fully saturated rings. The van der Waals surface area contributed by atoms with Gasteiger partial charge in [-0.3, -0.25) is 4.90 Å². The van der Waals surface area contributed by atoms with Crippen LogP contribution in [0.3, 0.4) is 0 Å². The van der Waals surface area contributed by atoms with E-state index >= 15 is 0 Å². The van der Waals surface area contributed by atoms with E-state index in [-0.39, 0.29) is 0 Å². The summed E-state index contributed by atoms with van der Waals surface area (Å²) in [7, 11) is 0. The molecule has 1 unspecified atom stereocenters. The summed E-state index contributed by atoms with van der Waals surface area (Å²) in [6.07, 6.45) is 3.70. The summed E-state index contributed by atoms with van der Waals surface area (Å²) in [5.74, 6) is -0.437. The molecule has 3 rings (SSSR count). The molecular formula is C13H11N3O2. The molecule has 0 amide bonds.